The Bertz CT molecular complexity index is 1300. The van der Waals surface area contributed by atoms with Gasteiger partial charge >= 0.3 is 5.69 Å². The molecule has 0 bridgehead atoms. The van der Waals surface area contributed by atoms with Crippen LogP contribution in [0.2, 0.25) is 0 Å². The minimum absolute atomic E-state index is 0.188. The molecule has 0 aliphatic rings. The van der Waals surface area contributed by atoms with E-state index in [1.54, 1.807) is 6.92 Å². The lowest BCUT2D eigenvalue weighted by atomic mass is 9.62. The summed E-state index contributed by atoms with van der Waals surface area (Å²) >= 11 is 0. The summed E-state index contributed by atoms with van der Waals surface area (Å²) < 4.78 is 13.6. The van der Waals surface area contributed by atoms with Crippen molar-refractivity contribution in [3.8, 4) is 0 Å². The fraction of sp³-hybridized carbons (Fsp3) is 0.241. The Hall–Kier alpha value is -3.78. The van der Waals surface area contributed by atoms with Gasteiger partial charge in [-0.05, 0) is 23.6 Å². The van der Waals surface area contributed by atoms with Crippen LogP contribution in [0.5, 0.6) is 0 Å². The summed E-state index contributed by atoms with van der Waals surface area (Å²) in [6.45, 7) is 1.41. The first-order valence-corrected chi connectivity index (χ1v) is 11.7. The van der Waals surface area contributed by atoms with Crippen molar-refractivity contribution >= 4 is 0 Å². The number of benzene rings is 3. The Kier molecular flexibility index (Phi) is 7.35. The van der Waals surface area contributed by atoms with Gasteiger partial charge in [0.2, 0.25) is 5.79 Å². The summed E-state index contributed by atoms with van der Waals surface area (Å²) in [4.78, 5) is 26.8. The molecule has 7 heteroatoms. The van der Waals surface area contributed by atoms with Gasteiger partial charge in [0.15, 0.2) is 0 Å². The summed E-state index contributed by atoms with van der Waals surface area (Å²) in [6.07, 6.45) is 0.0755. The maximum atomic E-state index is 12.6. The summed E-state index contributed by atoms with van der Waals surface area (Å²) in [6, 6.07) is 29.1. The normalized spacial score (nSPS) is 12.9. The van der Waals surface area contributed by atoms with Crippen LogP contribution in [0.15, 0.2) is 107 Å². The lowest BCUT2D eigenvalue weighted by Gasteiger charge is -2.51. The highest BCUT2D eigenvalue weighted by Crippen LogP contribution is 2.51. The number of methoxy groups -OCH3 is 2. The van der Waals surface area contributed by atoms with Crippen LogP contribution in [0.1, 0.15) is 22.3 Å². The van der Waals surface area contributed by atoms with Crippen molar-refractivity contribution in [3.05, 3.63) is 140 Å². The van der Waals surface area contributed by atoms with E-state index in [-0.39, 0.29) is 6.54 Å². The molecule has 4 aromatic rings. The highest BCUT2D eigenvalue weighted by atomic mass is 16.7. The van der Waals surface area contributed by atoms with Crippen molar-refractivity contribution in [1.82, 2.24) is 9.55 Å². The average molecular weight is 487 g/mol. The van der Waals surface area contributed by atoms with Gasteiger partial charge in [0.1, 0.15) is 11.5 Å². The Balaban J connectivity index is 2.05. The van der Waals surface area contributed by atoms with Gasteiger partial charge in [0, 0.05) is 26.0 Å². The number of aromatic nitrogens is 2. The molecule has 0 spiro atoms. The third kappa shape index (κ3) is 4.11. The van der Waals surface area contributed by atoms with Crippen LogP contribution in [-0.4, -0.2) is 40.8 Å². The van der Waals surface area contributed by atoms with Crippen LogP contribution in [0.25, 0.3) is 0 Å². The fourth-order valence-corrected chi connectivity index (χ4v) is 5.14. The van der Waals surface area contributed by atoms with Crippen molar-refractivity contribution in [2.75, 3.05) is 14.2 Å². The number of aliphatic hydroxyl groups excluding tert-OH is 1. The van der Waals surface area contributed by atoms with Crippen molar-refractivity contribution < 1.29 is 14.6 Å². The summed E-state index contributed by atoms with van der Waals surface area (Å²) in [5.74, 6) is -1.69. The maximum absolute atomic E-state index is 12.6. The SMILES string of the molecule is COC(OC)(C(O)Cn1cc(C)c(=O)[nH]c1=O)C(c1ccccc1)(c1ccccc1)c1ccccc1. The van der Waals surface area contributed by atoms with E-state index in [2.05, 4.69) is 4.98 Å². The van der Waals surface area contributed by atoms with Gasteiger partial charge in [-0.2, -0.15) is 0 Å². The number of ether oxygens (including phenoxy) is 2. The minimum Gasteiger partial charge on any atom is -0.386 e. The topological polar surface area (TPSA) is 93.5 Å². The van der Waals surface area contributed by atoms with E-state index in [0.29, 0.717) is 5.56 Å². The molecule has 0 fully saturated rings. The highest BCUT2D eigenvalue weighted by Gasteiger charge is 2.60. The first kappa shape index (κ1) is 25.3. The van der Waals surface area contributed by atoms with Gasteiger partial charge in [-0.3, -0.25) is 14.3 Å². The quantitative estimate of drug-likeness (QED) is 0.280. The molecule has 186 valence electrons. The van der Waals surface area contributed by atoms with Crippen LogP contribution in [-0.2, 0) is 21.4 Å². The number of aromatic amines is 1. The molecule has 0 radical (unpaired) electrons. The molecule has 1 aromatic heterocycles. The molecule has 0 saturated carbocycles. The Morgan fingerprint density at radius 3 is 1.61 bits per heavy atom. The lowest BCUT2D eigenvalue weighted by Crippen LogP contribution is -2.64. The van der Waals surface area contributed by atoms with Crippen molar-refractivity contribution in [1.29, 1.82) is 0 Å². The second-order valence-corrected chi connectivity index (χ2v) is 8.66. The zero-order chi connectivity index (χ0) is 25.8. The van der Waals surface area contributed by atoms with Crippen molar-refractivity contribution in [3.63, 3.8) is 0 Å². The van der Waals surface area contributed by atoms with Crippen molar-refractivity contribution in [2.24, 2.45) is 0 Å². The number of hydrogen-bond donors (Lipinski definition) is 2. The lowest BCUT2D eigenvalue weighted by molar-refractivity contribution is -0.285. The standard InChI is InChI=1S/C29H30N2O5/c1-21-19-31(27(34)30-26(21)33)20-25(32)29(35-2,36-3)28(22-13-7-4-8-14-22,23-15-9-5-10-16-23)24-17-11-6-12-18-24/h4-19,25,32H,20H2,1-3H3,(H,30,33,34). The van der Waals surface area contributed by atoms with Crippen molar-refractivity contribution in [2.45, 2.75) is 30.8 Å². The Morgan fingerprint density at radius 1 is 0.806 bits per heavy atom. The summed E-state index contributed by atoms with van der Waals surface area (Å²) in [5.41, 5.74) is 0.585. The predicted octanol–water partition coefficient (Wildman–Crippen LogP) is 3.23. The molecule has 0 aliphatic carbocycles. The van der Waals surface area contributed by atoms with E-state index in [0.717, 1.165) is 16.7 Å². The summed E-state index contributed by atoms with van der Waals surface area (Å²) in [5, 5.41) is 11.9. The van der Waals surface area contributed by atoms with Gasteiger partial charge in [-0.25, -0.2) is 4.79 Å². The molecule has 1 heterocycles. The van der Waals surface area contributed by atoms with E-state index in [9.17, 15) is 14.7 Å². The van der Waals surface area contributed by atoms with Crippen LogP contribution in [0.4, 0.5) is 0 Å². The fourth-order valence-electron chi connectivity index (χ4n) is 5.14. The second kappa shape index (κ2) is 10.5. The number of rotatable bonds is 9. The number of hydrogen-bond acceptors (Lipinski definition) is 5. The van der Waals surface area contributed by atoms with Gasteiger partial charge in [-0.15, -0.1) is 0 Å². The second-order valence-electron chi connectivity index (χ2n) is 8.66. The van der Waals surface area contributed by atoms with Crippen LogP contribution >= 0.6 is 0 Å². The molecule has 4 rings (SSSR count). The van der Waals surface area contributed by atoms with E-state index in [4.69, 9.17) is 9.47 Å². The Morgan fingerprint density at radius 2 is 1.22 bits per heavy atom. The third-order valence-electron chi connectivity index (χ3n) is 6.75. The zero-order valence-corrected chi connectivity index (χ0v) is 20.5. The molecule has 0 saturated heterocycles. The van der Waals surface area contributed by atoms with E-state index in [1.807, 2.05) is 91.0 Å². The minimum atomic E-state index is -1.69. The van der Waals surface area contributed by atoms with Gasteiger partial charge in [0.05, 0.1) is 6.54 Å². The molecule has 1 atom stereocenters. The third-order valence-corrected chi connectivity index (χ3v) is 6.75. The van der Waals surface area contributed by atoms with Crippen LogP contribution in [0.3, 0.4) is 0 Å². The van der Waals surface area contributed by atoms with Crippen LogP contribution < -0.4 is 11.2 Å². The molecule has 7 nitrogen and oxygen atoms in total. The van der Waals surface area contributed by atoms with E-state index >= 15 is 0 Å². The molecule has 3 aromatic carbocycles. The van der Waals surface area contributed by atoms with Gasteiger partial charge in [-0.1, -0.05) is 91.0 Å². The molecule has 1 unspecified atom stereocenters. The first-order valence-electron chi connectivity index (χ1n) is 11.7. The van der Waals surface area contributed by atoms with Gasteiger partial charge < -0.3 is 14.6 Å². The average Bonchev–Trinajstić information content (AvgIpc) is 2.92. The molecular weight excluding hydrogens is 456 g/mol. The molecule has 36 heavy (non-hydrogen) atoms. The molecule has 0 amide bonds. The summed E-state index contributed by atoms with van der Waals surface area (Å²) in [7, 11) is 2.97. The van der Waals surface area contributed by atoms with E-state index in [1.165, 1.54) is 25.0 Å². The predicted molar refractivity (Wildman–Crippen MR) is 138 cm³/mol. The number of H-pyrrole nitrogens is 1. The number of aryl methyl sites for hydroxylation is 1. The number of nitrogens with one attached hydrogen (secondary N) is 1. The highest BCUT2D eigenvalue weighted by molar-refractivity contribution is 5.54. The molecular formula is C29H30N2O5. The maximum Gasteiger partial charge on any atom is 0.328 e. The van der Waals surface area contributed by atoms with Gasteiger partial charge in [0.25, 0.3) is 5.56 Å². The smallest absolute Gasteiger partial charge is 0.328 e. The van der Waals surface area contributed by atoms with E-state index < -0.39 is 28.6 Å². The number of aliphatic hydroxyl groups is 1. The first-order chi connectivity index (χ1) is 17.4. The zero-order valence-electron chi connectivity index (χ0n) is 20.5. The largest absolute Gasteiger partial charge is 0.386 e. The Labute approximate surface area is 209 Å². The molecule has 2 N–H and O–H groups in total. The van der Waals surface area contributed by atoms with Crippen LogP contribution in [0, 0.1) is 6.92 Å². The number of nitrogens with zero attached hydrogens (tertiary/aromatic N) is 1. The monoisotopic (exact) mass is 486 g/mol. The molecule has 0 aliphatic heterocycles.